The van der Waals surface area contributed by atoms with Crippen molar-refractivity contribution in [1.29, 1.82) is 0 Å². The summed E-state index contributed by atoms with van der Waals surface area (Å²) in [5.74, 6) is 0. The van der Waals surface area contributed by atoms with E-state index in [1.54, 1.807) is 11.8 Å². The van der Waals surface area contributed by atoms with Gasteiger partial charge in [-0.15, -0.1) is 0 Å². The van der Waals surface area contributed by atoms with E-state index < -0.39 is 0 Å². The molecule has 9 heavy (non-hydrogen) atoms. The van der Waals surface area contributed by atoms with Crippen molar-refractivity contribution < 1.29 is 0 Å². The van der Waals surface area contributed by atoms with E-state index in [-0.39, 0.29) is 0 Å². The molecule has 0 spiro atoms. The first-order valence-corrected chi connectivity index (χ1v) is 3.77. The van der Waals surface area contributed by atoms with Crippen molar-refractivity contribution in [2.45, 2.75) is 19.9 Å². The van der Waals surface area contributed by atoms with Crippen LogP contribution in [0.3, 0.4) is 0 Å². The molecule has 1 rings (SSSR count). The van der Waals surface area contributed by atoms with Gasteiger partial charge in [-0.05, 0) is 13.8 Å². The van der Waals surface area contributed by atoms with Crippen molar-refractivity contribution in [1.82, 2.24) is 5.01 Å². The summed E-state index contributed by atoms with van der Waals surface area (Å²) in [6, 6.07) is 0.434. The number of hydrogen-bond acceptors (Lipinski definition) is 3. The van der Waals surface area contributed by atoms with Gasteiger partial charge in [0.1, 0.15) is 0 Å². The minimum absolute atomic E-state index is 0.434. The minimum atomic E-state index is 0.434. The lowest BCUT2D eigenvalue weighted by atomic mass is 10.4. The number of hydrazone groups is 1. The van der Waals surface area contributed by atoms with Crippen molar-refractivity contribution >= 4 is 17.3 Å². The molecule has 50 valence electrons. The largest absolute Gasteiger partial charge is 0.256 e. The van der Waals surface area contributed by atoms with Crippen molar-refractivity contribution in [3.8, 4) is 0 Å². The fourth-order valence-corrected chi connectivity index (χ4v) is 1.31. The highest BCUT2D eigenvalue weighted by Crippen LogP contribution is 2.24. The summed E-state index contributed by atoms with van der Waals surface area (Å²) < 4.78 is 0. The maximum Gasteiger partial charge on any atom is 0.0912 e. The molecular weight excluding hydrogens is 132 g/mol. The third kappa shape index (κ3) is 1.27. The zero-order chi connectivity index (χ0) is 6.85. The highest BCUT2D eigenvalue weighted by Gasteiger charge is 2.13. The molecule has 1 aliphatic heterocycles. The van der Waals surface area contributed by atoms with Crippen LogP contribution in [0.2, 0.25) is 0 Å². The fourth-order valence-electron chi connectivity index (χ4n) is 0.675. The molecule has 0 amide bonds. The Kier molecular flexibility index (Phi) is 1.81. The zero-order valence-corrected chi connectivity index (χ0v) is 6.48. The van der Waals surface area contributed by atoms with Crippen LogP contribution in [0.1, 0.15) is 13.8 Å². The molecule has 1 aliphatic rings. The van der Waals surface area contributed by atoms with Crippen LogP contribution in [0, 0.1) is 0 Å². The van der Waals surface area contributed by atoms with Gasteiger partial charge in [0.25, 0.3) is 0 Å². The van der Waals surface area contributed by atoms with Crippen LogP contribution >= 0.6 is 11.8 Å². The SMILES string of the molecule is C=C1SC=NN1C(C)C. The van der Waals surface area contributed by atoms with Gasteiger partial charge in [-0.3, -0.25) is 5.01 Å². The van der Waals surface area contributed by atoms with Gasteiger partial charge in [0.15, 0.2) is 0 Å². The van der Waals surface area contributed by atoms with Gasteiger partial charge in [-0.2, -0.15) is 5.10 Å². The standard InChI is InChI=1S/C6H10N2S/c1-5(2)8-6(3)9-4-7-8/h4-5H,3H2,1-2H3. The Morgan fingerprint density at radius 3 is 2.67 bits per heavy atom. The lowest BCUT2D eigenvalue weighted by Crippen LogP contribution is -2.19. The lowest BCUT2D eigenvalue weighted by Gasteiger charge is -2.18. The van der Waals surface area contributed by atoms with E-state index in [1.807, 2.05) is 10.6 Å². The molecule has 0 radical (unpaired) electrons. The molecule has 0 aromatic rings. The molecule has 0 aromatic carbocycles. The normalized spacial score (nSPS) is 18.1. The highest BCUT2D eigenvalue weighted by molar-refractivity contribution is 8.15. The molecule has 0 aromatic heterocycles. The van der Waals surface area contributed by atoms with Crippen LogP contribution in [0.5, 0.6) is 0 Å². The van der Waals surface area contributed by atoms with Gasteiger partial charge in [0.05, 0.1) is 10.6 Å². The molecule has 0 N–H and O–H groups in total. The molecule has 0 aliphatic carbocycles. The molecule has 1 heterocycles. The topological polar surface area (TPSA) is 15.6 Å². The van der Waals surface area contributed by atoms with Crippen LogP contribution < -0.4 is 0 Å². The van der Waals surface area contributed by atoms with Crippen LogP contribution in [-0.4, -0.2) is 16.6 Å². The first-order valence-electron chi connectivity index (χ1n) is 2.89. The highest BCUT2D eigenvalue weighted by atomic mass is 32.2. The maximum atomic E-state index is 4.09. The first-order chi connectivity index (χ1) is 4.22. The van der Waals surface area contributed by atoms with E-state index >= 15 is 0 Å². The summed E-state index contributed by atoms with van der Waals surface area (Å²) in [6.07, 6.45) is 0. The molecule has 0 atom stereocenters. The predicted molar refractivity (Wildman–Crippen MR) is 42.2 cm³/mol. The molecule has 0 unspecified atom stereocenters. The summed E-state index contributed by atoms with van der Waals surface area (Å²) in [5.41, 5.74) is 1.81. The van der Waals surface area contributed by atoms with Crippen LogP contribution in [0.4, 0.5) is 0 Å². The summed E-state index contributed by atoms with van der Waals surface area (Å²) in [4.78, 5) is 0. The number of hydrogen-bond donors (Lipinski definition) is 0. The number of rotatable bonds is 1. The summed E-state index contributed by atoms with van der Waals surface area (Å²) in [5, 5.41) is 7.01. The van der Waals surface area contributed by atoms with E-state index in [9.17, 15) is 0 Å². The quantitative estimate of drug-likeness (QED) is 0.555. The Labute approximate surface area is 59.6 Å². The molecule has 3 heteroatoms. The Bertz CT molecular complexity index is 151. The molecule has 0 saturated heterocycles. The summed E-state index contributed by atoms with van der Waals surface area (Å²) >= 11 is 1.57. The van der Waals surface area contributed by atoms with Gasteiger partial charge in [-0.25, -0.2) is 0 Å². The molecule has 0 bridgehead atoms. The third-order valence-electron chi connectivity index (χ3n) is 1.10. The molecule has 0 saturated carbocycles. The third-order valence-corrected chi connectivity index (χ3v) is 1.76. The number of nitrogens with zero attached hydrogens (tertiary/aromatic N) is 2. The van der Waals surface area contributed by atoms with Crippen molar-refractivity contribution in [3.63, 3.8) is 0 Å². The molecular formula is C6H10N2S. The Hall–Kier alpha value is -0.440. The Balaban J connectivity index is 2.59. The van der Waals surface area contributed by atoms with Gasteiger partial charge in [0, 0.05) is 6.04 Å². The average Bonchev–Trinajstić information content (AvgIpc) is 2.13. The number of thioether (sulfide) groups is 1. The minimum Gasteiger partial charge on any atom is -0.256 e. The first kappa shape index (κ1) is 6.68. The second kappa shape index (κ2) is 2.43. The zero-order valence-electron chi connectivity index (χ0n) is 5.66. The van der Waals surface area contributed by atoms with Crippen molar-refractivity contribution in [2.75, 3.05) is 0 Å². The maximum absolute atomic E-state index is 4.09. The fraction of sp³-hybridized carbons (Fsp3) is 0.500. The van der Waals surface area contributed by atoms with Crippen molar-refractivity contribution in [3.05, 3.63) is 11.6 Å². The van der Waals surface area contributed by atoms with E-state index in [2.05, 4.69) is 25.5 Å². The predicted octanol–water partition coefficient (Wildman–Crippen LogP) is 1.86. The van der Waals surface area contributed by atoms with E-state index in [1.165, 1.54) is 0 Å². The van der Waals surface area contributed by atoms with Gasteiger partial charge >= 0.3 is 0 Å². The lowest BCUT2D eigenvalue weighted by molar-refractivity contribution is 0.327. The Morgan fingerprint density at radius 2 is 2.44 bits per heavy atom. The van der Waals surface area contributed by atoms with Crippen molar-refractivity contribution in [2.24, 2.45) is 5.10 Å². The molecule has 0 fully saturated rings. The average molecular weight is 142 g/mol. The Morgan fingerprint density at radius 1 is 1.78 bits per heavy atom. The summed E-state index contributed by atoms with van der Waals surface area (Å²) in [6.45, 7) is 8.00. The van der Waals surface area contributed by atoms with Gasteiger partial charge < -0.3 is 0 Å². The van der Waals surface area contributed by atoms with Crippen LogP contribution in [0.25, 0.3) is 0 Å². The monoisotopic (exact) mass is 142 g/mol. The smallest absolute Gasteiger partial charge is 0.0912 e. The van der Waals surface area contributed by atoms with Gasteiger partial charge in [0.2, 0.25) is 0 Å². The van der Waals surface area contributed by atoms with E-state index in [4.69, 9.17) is 0 Å². The van der Waals surface area contributed by atoms with E-state index in [0.29, 0.717) is 6.04 Å². The molecule has 2 nitrogen and oxygen atoms in total. The summed E-state index contributed by atoms with van der Waals surface area (Å²) in [7, 11) is 0. The van der Waals surface area contributed by atoms with Crippen LogP contribution in [0.15, 0.2) is 16.7 Å². The van der Waals surface area contributed by atoms with E-state index in [0.717, 1.165) is 5.03 Å². The second-order valence-corrected chi connectivity index (χ2v) is 3.09. The van der Waals surface area contributed by atoms with Crippen LogP contribution in [-0.2, 0) is 0 Å². The van der Waals surface area contributed by atoms with Gasteiger partial charge in [-0.1, -0.05) is 18.3 Å². The second-order valence-electron chi connectivity index (χ2n) is 2.17.